The lowest BCUT2D eigenvalue weighted by Crippen LogP contribution is -2.23. The second kappa shape index (κ2) is 5.40. The van der Waals surface area contributed by atoms with Gasteiger partial charge in [0.25, 0.3) is 0 Å². The highest BCUT2D eigenvalue weighted by atomic mass is 16.4. The molecule has 0 amide bonds. The summed E-state index contributed by atoms with van der Waals surface area (Å²) in [5, 5.41) is 8.51. The molecule has 1 unspecified atom stereocenters. The number of rotatable bonds is 5. The number of carbonyl (C=O) groups is 1. The van der Waals surface area contributed by atoms with E-state index in [1.54, 1.807) is 6.92 Å². The monoisotopic (exact) mass is 173 g/mol. The van der Waals surface area contributed by atoms with Crippen molar-refractivity contribution in [3.8, 4) is 0 Å². The van der Waals surface area contributed by atoms with Crippen LogP contribution in [0.1, 0.15) is 19.8 Å². The SMILES string of the molecule is CC(CCCN=C(N)N)C(=O)O. The van der Waals surface area contributed by atoms with Crippen molar-refractivity contribution in [3.05, 3.63) is 0 Å². The molecule has 12 heavy (non-hydrogen) atoms. The Bertz CT molecular complexity index is 175. The third-order valence-electron chi connectivity index (χ3n) is 1.51. The molecule has 0 aliphatic heterocycles. The second-order valence-corrected chi connectivity index (χ2v) is 2.69. The average Bonchev–Trinajstić information content (AvgIpc) is 1.97. The van der Waals surface area contributed by atoms with Gasteiger partial charge in [0.1, 0.15) is 0 Å². The van der Waals surface area contributed by atoms with Crippen LogP contribution in [0.5, 0.6) is 0 Å². The molecule has 0 rings (SSSR count). The molecule has 0 aliphatic rings. The van der Waals surface area contributed by atoms with Crippen LogP contribution < -0.4 is 11.5 Å². The molecular weight excluding hydrogens is 158 g/mol. The average molecular weight is 173 g/mol. The fourth-order valence-electron chi connectivity index (χ4n) is 0.729. The fraction of sp³-hybridized carbons (Fsp3) is 0.714. The molecule has 0 bridgehead atoms. The zero-order chi connectivity index (χ0) is 9.56. The third kappa shape index (κ3) is 5.52. The van der Waals surface area contributed by atoms with Crippen molar-refractivity contribution in [1.29, 1.82) is 0 Å². The molecule has 0 aromatic carbocycles. The first-order chi connectivity index (χ1) is 5.54. The van der Waals surface area contributed by atoms with Gasteiger partial charge < -0.3 is 16.6 Å². The van der Waals surface area contributed by atoms with Crippen LogP contribution in [0, 0.1) is 5.92 Å². The van der Waals surface area contributed by atoms with E-state index in [2.05, 4.69) is 4.99 Å². The van der Waals surface area contributed by atoms with Crippen molar-refractivity contribution < 1.29 is 9.90 Å². The van der Waals surface area contributed by atoms with Crippen molar-refractivity contribution in [2.75, 3.05) is 6.54 Å². The molecule has 5 nitrogen and oxygen atoms in total. The Morgan fingerprint density at radius 2 is 2.17 bits per heavy atom. The maximum Gasteiger partial charge on any atom is 0.306 e. The number of carboxylic acid groups (broad SMARTS) is 1. The molecule has 5 heteroatoms. The highest BCUT2D eigenvalue weighted by Crippen LogP contribution is 2.04. The number of nitrogens with zero attached hydrogens (tertiary/aromatic N) is 1. The maximum atomic E-state index is 10.3. The second-order valence-electron chi connectivity index (χ2n) is 2.69. The van der Waals surface area contributed by atoms with Crippen LogP contribution in [-0.2, 0) is 4.79 Å². The van der Waals surface area contributed by atoms with Gasteiger partial charge in [0.05, 0.1) is 5.92 Å². The molecule has 0 aromatic heterocycles. The zero-order valence-corrected chi connectivity index (χ0v) is 7.16. The normalized spacial score (nSPS) is 12.1. The van der Waals surface area contributed by atoms with Crippen LogP contribution in [0.3, 0.4) is 0 Å². The van der Waals surface area contributed by atoms with E-state index >= 15 is 0 Å². The number of aliphatic carboxylic acids is 1. The summed E-state index contributed by atoms with van der Waals surface area (Å²) in [6.45, 7) is 2.16. The van der Waals surface area contributed by atoms with Crippen molar-refractivity contribution in [1.82, 2.24) is 0 Å². The first-order valence-corrected chi connectivity index (χ1v) is 3.82. The summed E-state index contributed by atoms with van der Waals surface area (Å²) in [7, 11) is 0. The zero-order valence-electron chi connectivity index (χ0n) is 7.16. The summed E-state index contributed by atoms with van der Waals surface area (Å²) in [5.41, 5.74) is 10.2. The fourth-order valence-corrected chi connectivity index (χ4v) is 0.729. The minimum Gasteiger partial charge on any atom is -0.481 e. The van der Waals surface area contributed by atoms with E-state index in [0.717, 1.165) is 0 Å². The van der Waals surface area contributed by atoms with Gasteiger partial charge in [0, 0.05) is 6.54 Å². The summed E-state index contributed by atoms with van der Waals surface area (Å²) < 4.78 is 0. The van der Waals surface area contributed by atoms with Crippen LogP contribution in [0.25, 0.3) is 0 Å². The number of carboxylic acids is 1. The van der Waals surface area contributed by atoms with Crippen LogP contribution in [0.4, 0.5) is 0 Å². The minimum atomic E-state index is -0.778. The minimum absolute atomic E-state index is 0.0537. The quantitative estimate of drug-likeness (QED) is 0.303. The van der Waals surface area contributed by atoms with Crippen LogP contribution >= 0.6 is 0 Å². The predicted octanol–water partition coefficient (Wildman–Crippen LogP) is -0.239. The number of aliphatic imine (C=N–C) groups is 1. The predicted molar refractivity (Wildman–Crippen MR) is 46.7 cm³/mol. The van der Waals surface area contributed by atoms with Gasteiger partial charge in [0.15, 0.2) is 5.96 Å². The van der Waals surface area contributed by atoms with Gasteiger partial charge in [-0.25, -0.2) is 0 Å². The van der Waals surface area contributed by atoms with E-state index in [-0.39, 0.29) is 11.9 Å². The lowest BCUT2D eigenvalue weighted by molar-refractivity contribution is -0.141. The Labute approximate surface area is 71.5 Å². The van der Waals surface area contributed by atoms with E-state index in [9.17, 15) is 4.79 Å². The van der Waals surface area contributed by atoms with Crippen molar-refractivity contribution in [2.45, 2.75) is 19.8 Å². The van der Waals surface area contributed by atoms with Crippen molar-refractivity contribution in [2.24, 2.45) is 22.4 Å². The van der Waals surface area contributed by atoms with E-state index in [1.807, 2.05) is 0 Å². The molecular formula is C7H15N3O2. The number of guanidine groups is 1. The van der Waals surface area contributed by atoms with Crippen molar-refractivity contribution in [3.63, 3.8) is 0 Å². The molecule has 0 aromatic rings. The summed E-state index contributed by atoms with van der Waals surface area (Å²) in [6.07, 6.45) is 1.30. The van der Waals surface area contributed by atoms with Crippen LogP contribution in [0.15, 0.2) is 4.99 Å². The lowest BCUT2D eigenvalue weighted by atomic mass is 10.1. The summed E-state index contributed by atoms with van der Waals surface area (Å²) in [5.74, 6) is -1.04. The number of hydrogen-bond donors (Lipinski definition) is 3. The Kier molecular flexibility index (Phi) is 4.83. The van der Waals surface area contributed by atoms with Gasteiger partial charge in [0.2, 0.25) is 0 Å². The van der Waals surface area contributed by atoms with Gasteiger partial charge in [-0.05, 0) is 12.8 Å². The summed E-state index contributed by atoms with van der Waals surface area (Å²) in [4.78, 5) is 14.1. The molecule has 70 valence electrons. The van der Waals surface area contributed by atoms with Gasteiger partial charge in [-0.1, -0.05) is 6.92 Å². The molecule has 0 heterocycles. The topological polar surface area (TPSA) is 102 Å². The molecule has 0 aliphatic carbocycles. The van der Waals surface area contributed by atoms with Crippen LogP contribution in [-0.4, -0.2) is 23.6 Å². The molecule has 0 fully saturated rings. The van der Waals surface area contributed by atoms with E-state index < -0.39 is 5.97 Å². The van der Waals surface area contributed by atoms with E-state index in [0.29, 0.717) is 19.4 Å². The first kappa shape index (κ1) is 10.7. The third-order valence-corrected chi connectivity index (χ3v) is 1.51. The molecule has 5 N–H and O–H groups in total. The van der Waals surface area contributed by atoms with Crippen LogP contribution in [0.2, 0.25) is 0 Å². The van der Waals surface area contributed by atoms with E-state index in [4.69, 9.17) is 16.6 Å². The summed E-state index contributed by atoms with van der Waals surface area (Å²) >= 11 is 0. The highest BCUT2D eigenvalue weighted by Gasteiger charge is 2.08. The maximum absolute atomic E-state index is 10.3. The molecule has 0 spiro atoms. The van der Waals surface area contributed by atoms with Gasteiger partial charge in [-0.15, -0.1) is 0 Å². The number of hydrogen-bond acceptors (Lipinski definition) is 2. The first-order valence-electron chi connectivity index (χ1n) is 3.82. The van der Waals surface area contributed by atoms with Gasteiger partial charge in [-0.3, -0.25) is 9.79 Å². The molecule has 0 saturated carbocycles. The Morgan fingerprint density at radius 1 is 1.58 bits per heavy atom. The van der Waals surface area contributed by atoms with E-state index in [1.165, 1.54) is 0 Å². The smallest absolute Gasteiger partial charge is 0.306 e. The Morgan fingerprint density at radius 3 is 2.58 bits per heavy atom. The standard InChI is InChI=1S/C7H15N3O2/c1-5(6(11)12)3-2-4-10-7(8)9/h5H,2-4H2,1H3,(H,11,12)(H4,8,9,10). The summed E-state index contributed by atoms with van der Waals surface area (Å²) in [6, 6.07) is 0. The molecule has 0 radical (unpaired) electrons. The Balaban J connectivity index is 3.44. The lowest BCUT2D eigenvalue weighted by Gasteiger charge is -2.02. The molecule has 1 atom stereocenters. The van der Waals surface area contributed by atoms with Gasteiger partial charge in [-0.2, -0.15) is 0 Å². The largest absolute Gasteiger partial charge is 0.481 e. The Hall–Kier alpha value is -1.26. The molecule has 0 saturated heterocycles. The van der Waals surface area contributed by atoms with Crippen molar-refractivity contribution >= 4 is 11.9 Å². The number of nitrogens with two attached hydrogens (primary N) is 2. The highest BCUT2D eigenvalue weighted by molar-refractivity contribution is 5.75. The van der Waals surface area contributed by atoms with Gasteiger partial charge >= 0.3 is 5.97 Å².